The molecule has 0 aromatic carbocycles. The Hall–Kier alpha value is -1.65. The monoisotopic (exact) mass is 910 g/mol. The van der Waals surface area contributed by atoms with Crippen LogP contribution >= 0.6 is 0 Å². The maximum atomic E-state index is 12.4. The Morgan fingerprint density at radius 1 is 0.369 bits per heavy atom. The Balaban J connectivity index is 3.39. The van der Waals surface area contributed by atoms with Gasteiger partial charge in [-0.25, -0.2) is 0 Å². The van der Waals surface area contributed by atoms with Gasteiger partial charge in [0.15, 0.2) is 0 Å². The van der Waals surface area contributed by atoms with Gasteiger partial charge in [-0.3, -0.25) is 4.79 Å². The highest BCUT2D eigenvalue weighted by Crippen LogP contribution is 2.17. The maximum absolute atomic E-state index is 12.4. The fraction of sp³-hybridized carbons (Fsp3) is 0.852. The smallest absolute Gasteiger partial charge is 0.220 e. The number of hydrogen-bond donors (Lipinski definition) is 3. The van der Waals surface area contributed by atoms with E-state index >= 15 is 0 Å². The lowest BCUT2D eigenvalue weighted by Crippen LogP contribution is -2.45. The first-order valence-electron chi connectivity index (χ1n) is 29.4. The molecule has 0 aliphatic carbocycles. The van der Waals surface area contributed by atoms with Crippen molar-refractivity contribution in [3.05, 3.63) is 48.6 Å². The van der Waals surface area contributed by atoms with E-state index in [0.717, 1.165) is 38.5 Å². The lowest BCUT2D eigenvalue weighted by molar-refractivity contribution is -0.123. The van der Waals surface area contributed by atoms with Gasteiger partial charge >= 0.3 is 0 Å². The van der Waals surface area contributed by atoms with E-state index < -0.39 is 12.1 Å². The molecule has 0 radical (unpaired) electrons. The molecule has 2 atom stereocenters. The van der Waals surface area contributed by atoms with E-state index in [-0.39, 0.29) is 12.5 Å². The minimum atomic E-state index is -0.860. The summed E-state index contributed by atoms with van der Waals surface area (Å²) in [5.41, 5.74) is 0. The van der Waals surface area contributed by atoms with Gasteiger partial charge in [0, 0.05) is 6.42 Å². The van der Waals surface area contributed by atoms with Gasteiger partial charge in [0.05, 0.1) is 18.8 Å². The third-order valence-corrected chi connectivity index (χ3v) is 13.5. The van der Waals surface area contributed by atoms with Crippen molar-refractivity contribution in [3.63, 3.8) is 0 Å². The fourth-order valence-corrected chi connectivity index (χ4v) is 9.05. The number of nitrogens with one attached hydrogen (secondary N) is 1. The van der Waals surface area contributed by atoms with Crippen molar-refractivity contribution < 1.29 is 15.0 Å². The molecule has 0 aromatic rings. The first-order chi connectivity index (χ1) is 32.2. The van der Waals surface area contributed by atoms with Crippen LogP contribution in [0.1, 0.15) is 316 Å². The van der Waals surface area contributed by atoms with Crippen LogP contribution in [-0.2, 0) is 4.79 Å². The van der Waals surface area contributed by atoms with E-state index in [4.69, 9.17) is 0 Å². The van der Waals surface area contributed by atoms with Crippen molar-refractivity contribution in [2.75, 3.05) is 6.61 Å². The minimum absolute atomic E-state index is 0.0695. The third kappa shape index (κ3) is 53.2. The van der Waals surface area contributed by atoms with Crippen molar-refractivity contribution in [2.45, 2.75) is 328 Å². The molecule has 0 spiro atoms. The van der Waals surface area contributed by atoms with Crippen molar-refractivity contribution in [3.8, 4) is 0 Å². The van der Waals surface area contributed by atoms with Crippen LogP contribution in [0.4, 0.5) is 0 Å². The number of aliphatic hydroxyl groups is 2. The SMILES string of the molecule is CCCCCCC/C=C\C/C=C\CCCCCCCCCCCCCCCCCCCCCCCCCCCCCC(=O)NC(CO)C(O)/C=C/CC/C=C/CCCCCCCCCC. The van der Waals surface area contributed by atoms with Gasteiger partial charge in [-0.1, -0.05) is 294 Å². The molecule has 382 valence electrons. The van der Waals surface area contributed by atoms with E-state index in [1.54, 1.807) is 6.08 Å². The molecule has 4 nitrogen and oxygen atoms in total. The van der Waals surface area contributed by atoms with Gasteiger partial charge in [-0.15, -0.1) is 0 Å². The van der Waals surface area contributed by atoms with Gasteiger partial charge in [0.2, 0.25) is 5.91 Å². The number of unbranched alkanes of at least 4 members (excludes halogenated alkanes) is 41. The van der Waals surface area contributed by atoms with Crippen LogP contribution in [0.3, 0.4) is 0 Å². The Bertz CT molecular complexity index is 1030. The van der Waals surface area contributed by atoms with Crippen LogP contribution in [0.2, 0.25) is 0 Å². The lowest BCUT2D eigenvalue weighted by Gasteiger charge is -2.19. The standard InChI is InChI=1S/C61H115NO3/c1-3-5-7-9-11-13-15-17-19-20-21-22-23-24-25-26-27-28-29-30-31-32-33-34-35-36-37-38-39-40-41-42-43-45-47-49-51-53-55-57-61(65)62-59(58-63)60(64)56-54-52-50-48-46-44-18-16-14-12-10-8-6-4-2/h15,17,20-21,46,48,54,56,59-60,63-64H,3-14,16,18-19,22-45,47,49-53,55,57-58H2,1-2H3,(H,62,65)/b17-15-,21-20-,48-46+,56-54+. The van der Waals surface area contributed by atoms with Crippen LogP contribution < -0.4 is 5.32 Å². The summed E-state index contributed by atoms with van der Waals surface area (Å²) in [4.78, 5) is 12.4. The quantitative estimate of drug-likeness (QED) is 0.0421. The average Bonchev–Trinajstić information content (AvgIpc) is 3.31. The molecule has 0 bridgehead atoms. The Morgan fingerprint density at radius 3 is 0.985 bits per heavy atom. The molecule has 4 heteroatoms. The van der Waals surface area contributed by atoms with Crippen LogP contribution in [0, 0.1) is 0 Å². The summed E-state index contributed by atoms with van der Waals surface area (Å²) in [5, 5.41) is 23.1. The van der Waals surface area contributed by atoms with Gasteiger partial charge in [-0.2, -0.15) is 0 Å². The van der Waals surface area contributed by atoms with E-state index in [0.29, 0.717) is 6.42 Å². The Labute approximate surface area is 407 Å². The molecule has 65 heavy (non-hydrogen) atoms. The van der Waals surface area contributed by atoms with Gasteiger partial charge in [0.1, 0.15) is 0 Å². The molecule has 0 rings (SSSR count). The second-order valence-corrected chi connectivity index (χ2v) is 20.1. The molecular weight excluding hydrogens is 795 g/mol. The highest BCUT2D eigenvalue weighted by atomic mass is 16.3. The zero-order valence-corrected chi connectivity index (χ0v) is 44.0. The van der Waals surface area contributed by atoms with Gasteiger partial charge in [0.25, 0.3) is 0 Å². The summed E-state index contributed by atoms with van der Waals surface area (Å²) in [6.07, 6.45) is 78.7. The molecular formula is C61H115NO3. The second kappa shape index (κ2) is 56.7. The Kier molecular flexibility index (Phi) is 55.2. The summed E-state index contributed by atoms with van der Waals surface area (Å²) in [5.74, 6) is -0.0695. The molecule has 0 aromatic heterocycles. The van der Waals surface area contributed by atoms with Gasteiger partial charge < -0.3 is 15.5 Å². The molecule has 1 amide bonds. The zero-order chi connectivity index (χ0) is 47.0. The number of carbonyl (C=O) groups excluding carboxylic acids is 1. The van der Waals surface area contributed by atoms with E-state index in [1.807, 2.05) is 6.08 Å². The number of allylic oxidation sites excluding steroid dienone is 7. The van der Waals surface area contributed by atoms with Crippen LogP contribution in [-0.4, -0.2) is 34.9 Å². The summed E-state index contributed by atoms with van der Waals surface area (Å²) >= 11 is 0. The molecule has 0 saturated carbocycles. The highest BCUT2D eigenvalue weighted by Gasteiger charge is 2.18. The first kappa shape index (κ1) is 63.4. The summed E-state index contributed by atoms with van der Waals surface area (Å²) in [6.45, 7) is 4.30. The van der Waals surface area contributed by atoms with Gasteiger partial charge in [-0.05, 0) is 64.2 Å². The maximum Gasteiger partial charge on any atom is 0.220 e. The predicted molar refractivity (Wildman–Crippen MR) is 290 cm³/mol. The molecule has 0 heterocycles. The molecule has 0 fully saturated rings. The number of aliphatic hydroxyl groups excluding tert-OH is 2. The van der Waals surface area contributed by atoms with E-state index in [1.165, 1.54) is 257 Å². The average molecular weight is 911 g/mol. The normalized spacial score (nSPS) is 13.1. The third-order valence-electron chi connectivity index (χ3n) is 13.5. The molecule has 2 unspecified atom stereocenters. The fourth-order valence-electron chi connectivity index (χ4n) is 9.05. The second-order valence-electron chi connectivity index (χ2n) is 20.1. The number of hydrogen-bond acceptors (Lipinski definition) is 3. The Morgan fingerprint density at radius 2 is 0.646 bits per heavy atom. The summed E-state index contributed by atoms with van der Waals surface area (Å²) < 4.78 is 0. The number of rotatable bonds is 54. The molecule has 0 saturated heterocycles. The topological polar surface area (TPSA) is 69.6 Å². The first-order valence-corrected chi connectivity index (χ1v) is 29.4. The van der Waals surface area contributed by atoms with E-state index in [2.05, 4.69) is 55.6 Å². The highest BCUT2D eigenvalue weighted by molar-refractivity contribution is 5.76. The summed E-state index contributed by atoms with van der Waals surface area (Å²) in [7, 11) is 0. The predicted octanol–water partition coefficient (Wildman–Crippen LogP) is 19.4. The summed E-state index contributed by atoms with van der Waals surface area (Å²) in [6, 6.07) is -0.637. The number of amides is 1. The van der Waals surface area contributed by atoms with Crippen LogP contribution in [0.15, 0.2) is 48.6 Å². The largest absolute Gasteiger partial charge is 0.394 e. The minimum Gasteiger partial charge on any atom is -0.394 e. The number of carbonyl (C=O) groups is 1. The molecule has 0 aliphatic rings. The van der Waals surface area contributed by atoms with Crippen LogP contribution in [0.25, 0.3) is 0 Å². The zero-order valence-electron chi connectivity index (χ0n) is 44.0. The van der Waals surface area contributed by atoms with Crippen molar-refractivity contribution in [1.29, 1.82) is 0 Å². The molecule has 3 N–H and O–H groups in total. The van der Waals surface area contributed by atoms with Crippen molar-refractivity contribution >= 4 is 5.91 Å². The molecule has 0 aliphatic heterocycles. The van der Waals surface area contributed by atoms with Crippen molar-refractivity contribution in [2.24, 2.45) is 0 Å². The van der Waals surface area contributed by atoms with Crippen LogP contribution in [0.5, 0.6) is 0 Å². The van der Waals surface area contributed by atoms with Crippen molar-refractivity contribution in [1.82, 2.24) is 5.32 Å². The lowest BCUT2D eigenvalue weighted by atomic mass is 10.0. The van der Waals surface area contributed by atoms with E-state index in [9.17, 15) is 15.0 Å².